The predicted octanol–water partition coefficient (Wildman–Crippen LogP) is 5.16. The van der Waals surface area contributed by atoms with Gasteiger partial charge in [0.2, 0.25) is 0 Å². The molecule has 0 fully saturated rings. The quantitative estimate of drug-likeness (QED) is 0.396. The fourth-order valence-corrected chi connectivity index (χ4v) is 2.81. The lowest BCUT2D eigenvalue weighted by Gasteiger charge is -2.08. The molecule has 142 valence electrons. The average Bonchev–Trinajstić information content (AvgIpc) is 2.75. The van der Waals surface area contributed by atoms with Crippen molar-refractivity contribution in [3.8, 4) is 5.75 Å². The summed E-state index contributed by atoms with van der Waals surface area (Å²) >= 11 is 0. The van der Waals surface area contributed by atoms with Crippen LogP contribution in [0, 0.1) is 0 Å². The summed E-state index contributed by atoms with van der Waals surface area (Å²) in [4.78, 5) is 12.1. The number of aliphatic hydroxyl groups is 1. The molecule has 0 atom stereocenters. The fraction of sp³-hybridized carbons (Fsp3) is 0.160. The number of hydrogen-bond acceptors (Lipinski definition) is 3. The van der Waals surface area contributed by atoms with Crippen molar-refractivity contribution < 1.29 is 14.6 Å². The molecule has 0 amide bonds. The second kappa shape index (κ2) is 10.2. The van der Waals surface area contributed by atoms with Crippen LogP contribution >= 0.6 is 0 Å². The summed E-state index contributed by atoms with van der Waals surface area (Å²) < 4.78 is 5.54. The number of ketones is 1. The number of ether oxygens (including phenoxy) is 1. The van der Waals surface area contributed by atoms with Crippen LogP contribution in [0.5, 0.6) is 5.75 Å². The number of allylic oxidation sites excluding steroid dienone is 7. The van der Waals surface area contributed by atoms with Gasteiger partial charge in [-0.3, -0.25) is 4.79 Å². The molecule has 1 aliphatic rings. The summed E-state index contributed by atoms with van der Waals surface area (Å²) in [6.07, 6.45) is 13.3. The molecule has 0 radical (unpaired) electrons. The van der Waals surface area contributed by atoms with Gasteiger partial charge in [-0.15, -0.1) is 0 Å². The van der Waals surface area contributed by atoms with Gasteiger partial charge in [0.15, 0.2) is 5.78 Å². The lowest BCUT2D eigenvalue weighted by atomic mass is 9.99. The topological polar surface area (TPSA) is 46.5 Å². The molecule has 2 aromatic carbocycles. The van der Waals surface area contributed by atoms with Crippen LogP contribution in [-0.4, -0.2) is 24.1 Å². The van der Waals surface area contributed by atoms with Crippen molar-refractivity contribution in [1.29, 1.82) is 0 Å². The Kier molecular flexibility index (Phi) is 7.16. The van der Waals surface area contributed by atoms with E-state index < -0.39 is 0 Å². The maximum absolute atomic E-state index is 12.1. The van der Waals surface area contributed by atoms with Gasteiger partial charge in [-0.25, -0.2) is 0 Å². The van der Waals surface area contributed by atoms with Crippen LogP contribution in [0.25, 0.3) is 6.08 Å². The molecule has 2 aromatic rings. The molecule has 1 N–H and O–H groups in total. The zero-order valence-corrected chi connectivity index (χ0v) is 15.8. The molecule has 0 aliphatic heterocycles. The van der Waals surface area contributed by atoms with Crippen LogP contribution in [0.4, 0.5) is 0 Å². The Labute approximate surface area is 166 Å². The molecule has 0 heterocycles. The normalized spacial score (nSPS) is 15.0. The highest BCUT2D eigenvalue weighted by atomic mass is 16.5. The van der Waals surface area contributed by atoms with Crippen molar-refractivity contribution in [2.75, 3.05) is 13.2 Å². The molecule has 0 bridgehead atoms. The number of aliphatic hydroxyl groups excluding tert-OH is 1. The molecule has 3 rings (SSSR count). The van der Waals surface area contributed by atoms with Crippen molar-refractivity contribution in [3.63, 3.8) is 0 Å². The first-order chi connectivity index (χ1) is 13.7. The van der Waals surface area contributed by atoms with Gasteiger partial charge in [0.25, 0.3) is 0 Å². The van der Waals surface area contributed by atoms with E-state index in [1.165, 1.54) is 5.57 Å². The molecule has 1 aliphatic carbocycles. The van der Waals surface area contributed by atoms with Gasteiger partial charge in [0.1, 0.15) is 5.75 Å². The summed E-state index contributed by atoms with van der Waals surface area (Å²) in [6, 6.07) is 17.2. The van der Waals surface area contributed by atoms with Crippen LogP contribution in [0.15, 0.2) is 96.1 Å². The standard InChI is InChI=1S/C25H24O3/c26-17-4-18-28-24-14-11-22(12-15-24)19-21-9-7-20(8-10-21)13-16-25(27)23-5-2-1-3-6-23/h1-3,5-9,11-16,19,26H,4,10,17-18H2. The van der Waals surface area contributed by atoms with E-state index in [2.05, 4.69) is 18.2 Å². The summed E-state index contributed by atoms with van der Waals surface area (Å²) in [7, 11) is 0. The molecule has 28 heavy (non-hydrogen) atoms. The maximum atomic E-state index is 12.1. The van der Waals surface area contributed by atoms with E-state index in [1.54, 1.807) is 6.08 Å². The van der Waals surface area contributed by atoms with E-state index in [1.807, 2.05) is 66.7 Å². The first kappa shape index (κ1) is 19.6. The van der Waals surface area contributed by atoms with Crippen molar-refractivity contribution in [1.82, 2.24) is 0 Å². The Bertz CT molecular complexity index is 901. The smallest absolute Gasteiger partial charge is 0.185 e. The average molecular weight is 372 g/mol. The Morgan fingerprint density at radius 3 is 2.50 bits per heavy atom. The summed E-state index contributed by atoms with van der Waals surface area (Å²) in [5.74, 6) is 0.822. The van der Waals surface area contributed by atoms with Crippen LogP contribution in [0.3, 0.4) is 0 Å². The number of carbonyl (C=O) groups is 1. The maximum Gasteiger partial charge on any atom is 0.185 e. The Hall–Kier alpha value is -3.17. The lowest BCUT2D eigenvalue weighted by Crippen LogP contribution is -1.99. The zero-order chi connectivity index (χ0) is 19.6. The minimum absolute atomic E-state index is 0.0116. The Morgan fingerprint density at radius 1 is 1.04 bits per heavy atom. The van der Waals surface area contributed by atoms with Crippen molar-refractivity contribution in [2.45, 2.75) is 12.8 Å². The van der Waals surface area contributed by atoms with Crippen LogP contribution < -0.4 is 4.74 Å². The van der Waals surface area contributed by atoms with E-state index in [4.69, 9.17) is 9.84 Å². The fourth-order valence-electron chi connectivity index (χ4n) is 2.81. The van der Waals surface area contributed by atoms with E-state index >= 15 is 0 Å². The highest BCUT2D eigenvalue weighted by Crippen LogP contribution is 2.21. The van der Waals surface area contributed by atoms with Gasteiger partial charge in [-0.05, 0) is 41.3 Å². The van der Waals surface area contributed by atoms with E-state index in [-0.39, 0.29) is 12.4 Å². The van der Waals surface area contributed by atoms with Gasteiger partial charge >= 0.3 is 0 Å². The second-order valence-electron chi connectivity index (χ2n) is 6.52. The third kappa shape index (κ3) is 5.93. The number of carbonyl (C=O) groups excluding carboxylic acids is 1. The van der Waals surface area contributed by atoms with Crippen molar-refractivity contribution in [2.24, 2.45) is 0 Å². The van der Waals surface area contributed by atoms with E-state index in [0.29, 0.717) is 18.6 Å². The predicted molar refractivity (Wildman–Crippen MR) is 113 cm³/mol. The highest BCUT2D eigenvalue weighted by molar-refractivity contribution is 6.04. The van der Waals surface area contributed by atoms with Crippen LogP contribution in [-0.2, 0) is 0 Å². The number of hydrogen-bond donors (Lipinski definition) is 1. The summed E-state index contributed by atoms with van der Waals surface area (Å²) in [6.45, 7) is 0.662. The zero-order valence-electron chi connectivity index (χ0n) is 15.8. The minimum Gasteiger partial charge on any atom is -0.494 e. The highest BCUT2D eigenvalue weighted by Gasteiger charge is 2.03. The van der Waals surface area contributed by atoms with Gasteiger partial charge < -0.3 is 9.84 Å². The second-order valence-corrected chi connectivity index (χ2v) is 6.52. The van der Waals surface area contributed by atoms with Gasteiger partial charge in [0, 0.05) is 18.6 Å². The largest absolute Gasteiger partial charge is 0.494 e. The van der Waals surface area contributed by atoms with E-state index in [9.17, 15) is 4.79 Å². The molecule has 0 saturated carbocycles. The van der Waals surface area contributed by atoms with Gasteiger partial charge in [-0.2, -0.15) is 0 Å². The van der Waals surface area contributed by atoms with Crippen molar-refractivity contribution in [3.05, 3.63) is 107 Å². The van der Waals surface area contributed by atoms with Crippen LogP contribution in [0.1, 0.15) is 28.8 Å². The number of rotatable bonds is 8. The van der Waals surface area contributed by atoms with E-state index in [0.717, 1.165) is 23.3 Å². The lowest BCUT2D eigenvalue weighted by molar-refractivity contribution is 0.104. The first-order valence-corrected chi connectivity index (χ1v) is 9.44. The monoisotopic (exact) mass is 372 g/mol. The molecule has 3 nitrogen and oxygen atoms in total. The molecule has 0 saturated heterocycles. The van der Waals surface area contributed by atoms with Crippen LogP contribution in [0.2, 0.25) is 0 Å². The summed E-state index contributed by atoms with van der Waals surface area (Å²) in [5, 5.41) is 8.78. The molecule has 0 unspecified atom stereocenters. The molecular weight excluding hydrogens is 348 g/mol. The molecule has 0 spiro atoms. The Balaban J connectivity index is 1.55. The minimum atomic E-state index is 0.0116. The van der Waals surface area contributed by atoms with Crippen molar-refractivity contribution >= 4 is 11.9 Å². The third-order valence-corrected chi connectivity index (χ3v) is 4.35. The summed E-state index contributed by atoms with van der Waals surface area (Å²) in [5.41, 5.74) is 4.05. The number of benzene rings is 2. The first-order valence-electron chi connectivity index (χ1n) is 9.44. The molecular formula is C25H24O3. The molecule has 3 heteroatoms. The van der Waals surface area contributed by atoms with Gasteiger partial charge in [-0.1, -0.05) is 72.8 Å². The Morgan fingerprint density at radius 2 is 1.82 bits per heavy atom. The SMILES string of the molecule is O=C(C=CC1=CCC(=Cc2ccc(OCCCO)cc2)C=C1)c1ccccc1. The molecule has 0 aromatic heterocycles. The third-order valence-electron chi connectivity index (χ3n) is 4.35. The van der Waals surface area contributed by atoms with Gasteiger partial charge in [0.05, 0.1) is 6.61 Å².